The smallest absolute Gasteiger partial charge is 0.328 e. The molecule has 1 aromatic rings. The average Bonchev–Trinajstić information content (AvgIpc) is 2.41. The molecule has 0 heterocycles. The van der Waals surface area contributed by atoms with Gasteiger partial charge in [0.05, 0.1) is 20.1 Å². The molecule has 20 heavy (non-hydrogen) atoms. The van der Waals surface area contributed by atoms with Gasteiger partial charge in [0.1, 0.15) is 11.8 Å². The summed E-state index contributed by atoms with van der Waals surface area (Å²) in [5.41, 5.74) is 2.13. The quantitative estimate of drug-likeness (QED) is 0.806. The highest BCUT2D eigenvalue weighted by molar-refractivity contribution is 5.84. The Morgan fingerprint density at radius 1 is 1.30 bits per heavy atom. The van der Waals surface area contributed by atoms with Gasteiger partial charge in [-0.25, -0.2) is 4.79 Å². The Morgan fingerprint density at radius 2 is 2.00 bits per heavy atom. The number of amides is 1. The van der Waals surface area contributed by atoms with E-state index in [4.69, 9.17) is 4.74 Å². The summed E-state index contributed by atoms with van der Waals surface area (Å²) in [6, 6.07) is 5.27. The van der Waals surface area contributed by atoms with Crippen LogP contribution in [0, 0.1) is 13.8 Å². The van der Waals surface area contributed by atoms with Crippen LogP contribution in [0.25, 0.3) is 0 Å². The van der Waals surface area contributed by atoms with Crippen molar-refractivity contribution in [3.63, 3.8) is 0 Å². The summed E-state index contributed by atoms with van der Waals surface area (Å²) in [5.74, 6) is 0.0702. The minimum atomic E-state index is -0.645. The van der Waals surface area contributed by atoms with E-state index in [1.165, 1.54) is 7.11 Å². The monoisotopic (exact) mass is 279 g/mol. The van der Waals surface area contributed by atoms with Gasteiger partial charge < -0.3 is 14.8 Å². The number of benzene rings is 1. The number of carbonyl (C=O) groups excluding carboxylic acids is 2. The van der Waals surface area contributed by atoms with E-state index in [1.807, 2.05) is 32.0 Å². The van der Waals surface area contributed by atoms with Gasteiger partial charge >= 0.3 is 5.97 Å². The standard InChI is InChI=1S/C15H21NO4/c1-10-5-6-11(2)13(9-10)20-8-7-14(17)16-12(3)15(18)19-4/h5-6,9,12H,7-8H2,1-4H3,(H,16,17). The maximum atomic E-state index is 11.6. The van der Waals surface area contributed by atoms with Crippen LogP contribution in [0.3, 0.4) is 0 Å². The number of hydrogen-bond donors (Lipinski definition) is 1. The van der Waals surface area contributed by atoms with E-state index in [9.17, 15) is 9.59 Å². The molecular weight excluding hydrogens is 258 g/mol. The van der Waals surface area contributed by atoms with Gasteiger partial charge in [0.15, 0.2) is 0 Å². The first-order chi connectivity index (χ1) is 9.43. The highest BCUT2D eigenvalue weighted by Crippen LogP contribution is 2.19. The van der Waals surface area contributed by atoms with Crippen LogP contribution in [0.4, 0.5) is 0 Å². The summed E-state index contributed by atoms with van der Waals surface area (Å²) in [6.45, 7) is 5.78. The summed E-state index contributed by atoms with van der Waals surface area (Å²) < 4.78 is 10.1. The second kappa shape index (κ2) is 7.53. The molecule has 0 saturated heterocycles. The van der Waals surface area contributed by atoms with E-state index in [0.717, 1.165) is 16.9 Å². The van der Waals surface area contributed by atoms with Crippen LogP contribution in [0.15, 0.2) is 18.2 Å². The summed E-state index contributed by atoms with van der Waals surface area (Å²) >= 11 is 0. The van der Waals surface area contributed by atoms with Gasteiger partial charge in [-0.3, -0.25) is 4.79 Å². The molecule has 1 rings (SSSR count). The largest absolute Gasteiger partial charge is 0.493 e. The number of ether oxygens (including phenoxy) is 2. The van der Waals surface area contributed by atoms with Crippen molar-refractivity contribution in [3.8, 4) is 5.75 Å². The number of hydrogen-bond acceptors (Lipinski definition) is 4. The molecule has 1 unspecified atom stereocenters. The highest BCUT2D eigenvalue weighted by atomic mass is 16.5. The minimum Gasteiger partial charge on any atom is -0.493 e. The van der Waals surface area contributed by atoms with E-state index in [-0.39, 0.29) is 18.9 Å². The molecule has 5 nitrogen and oxygen atoms in total. The van der Waals surface area contributed by atoms with E-state index in [1.54, 1.807) is 6.92 Å². The molecule has 5 heteroatoms. The number of methoxy groups -OCH3 is 1. The Labute approximate surface area is 119 Å². The molecule has 0 spiro atoms. The molecule has 0 aromatic heterocycles. The fourth-order valence-corrected chi connectivity index (χ4v) is 1.67. The zero-order valence-corrected chi connectivity index (χ0v) is 12.4. The first-order valence-electron chi connectivity index (χ1n) is 6.51. The van der Waals surface area contributed by atoms with Gasteiger partial charge in [-0.1, -0.05) is 12.1 Å². The van der Waals surface area contributed by atoms with Crippen molar-refractivity contribution in [1.29, 1.82) is 0 Å². The van der Waals surface area contributed by atoms with Crippen molar-refractivity contribution in [1.82, 2.24) is 5.32 Å². The van der Waals surface area contributed by atoms with Gasteiger partial charge in [-0.2, -0.15) is 0 Å². The third-order valence-corrected chi connectivity index (χ3v) is 2.86. The molecule has 1 atom stereocenters. The van der Waals surface area contributed by atoms with Crippen molar-refractivity contribution >= 4 is 11.9 Å². The molecule has 110 valence electrons. The zero-order valence-electron chi connectivity index (χ0n) is 12.4. The number of aryl methyl sites for hydroxylation is 2. The van der Waals surface area contributed by atoms with E-state index in [2.05, 4.69) is 10.1 Å². The highest BCUT2D eigenvalue weighted by Gasteiger charge is 2.15. The zero-order chi connectivity index (χ0) is 15.1. The van der Waals surface area contributed by atoms with E-state index in [0.29, 0.717) is 0 Å². The first-order valence-corrected chi connectivity index (χ1v) is 6.51. The Balaban J connectivity index is 2.39. The fourth-order valence-electron chi connectivity index (χ4n) is 1.67. The summed E-state index contributed by atoms with van der Waals surface area (Å²) in [5, 5.41) is 2.55. The van der Waals surface area contributed by atoms with Crippen LogP contribution < -0.4 is 10.1 Å². The summed E-state index contributed by atoms with van der Waals surface area (Å²) in [4.78, 5) is 22.8. The van der Waals surface area contributed by atoms with Crippen molar-refractivity contribution in [2.24, 2.45) is 0 Å². The van der Waals surface area contributed by atoms with Gasteiger partial charge in [-0.05, 0) is 38.0 Å². The molecule has 1 N–H and O–H groups in total. The second-order valence-electron chi connectivity index (χ2n) is 4.68. The summed E-state index contributed by atoms with van der Waals surface area (Å²) in [7, 11) is 1.29. The average molecular weight is 279 g/mol. The second-order valence-corrected chi connectivity index (χ2v) is 4.68. The molecule has 0 bridgehead atoms. The van der Waals surface area contributed by atoms with Crippen LogP contribution in [0.5, 0.6) is 5.75 Å². The van der Waals surface area contributed by atoms with Crippen LogP contribution in [0.2, 0.25) is 0 Å². The Morgan fingerprint density at radius 3 is 2.65 bits per heavy atom. The first kappa shape index (κ1) is 16.0. The molecule has 0 aliphatic carbocycles. The van der Waals surface area contributed by atoms with Crippen LogP contribution >= 0.6 is 0 Å². The van der Waals surface area contributed by atoms with Gasteiger partial charge in [0.2, 0.25) is 5.91 Å². The van der Waals surface area contributed by atoms with Gasteiger partial charge in [0, 0.05) is 0 Å². The third-order valence-electron chi connectivity index (χ3n) is 2.86. The predicted molar refractivity (Wildman–Crippen MR) is 75.6 cm³/mol. The number of carbonyl (C=O) groups is 2. The number of nitrogens with one attached hydrogen (secondary N) is 1. The minimum absolute atomic E-state index is 0.189. The predicted octanol–water partition coefficient (Wildman–Crippen LogP) is 1.75. The fraction of sp³-hybridized carbons (Fsp3) is 0.467. The Hall–Kier alpha value is -2.04. The van der Waals surface area contributed by atoms with E-state index >= 15 is 0 Å². The molecule has 0 fully saturated rings. The molecule has 0 aliphatic heterocycles. The maximum Gasteiger partial charge on any atom is 0.328 e. The topological polar surface area (TPSA) is 64.6 Å². The molecule has 1 amide bonds. The Bertz CT molecular complexity index is 485. The number of esters is 1. The van der Waals surface area contributed by atoms with Crippen LogP contribution in [-0.4, -0.2) is 31.6 Å². The van der Waals surface area contributed by atoms with Crippen molar-refractivity contribution < 1.29 is 19.1 Å². The maximum absolute atomic E-state index is 11.6. The van der Waals surface area contributed by atoms with Crippen molar-refractivity contribution in [2.75, 3.05) is 13.7 Å². The summed E-state index contributed by atoms with van der Waals surface area (Å²) in [6.07, 6.45) is 0.189. The molecule has 0 saturated carbocycles. The van der Waals surface area contributed by atoms with Gasteiger partial charge in [-0.15, -0.1) is 0 Å². The lowest BCUT2D eigenvalue weighted by Crippen LogP contribution is -2.39. The lowest BCUT2D eigenvalue weighted by Gasteiger charge is -2.12. The number of rotatable bonds is 6. The van der Waals surface area contributed by atoms with Crippen molar-refractivity contribution in [3.05, 3.63) is 29.3 Å². The van der Waals surface area contributed by atoms with E-state index < -0.39 is 12.0 Å². The SMILES string of the molecule is COC(=O)C(C)NC(=O)CCOc1cc(C)ccc1C. The molecule has 0 aliphatic rings. The van der Waals surface area contributed by atoms with Crippen molar-refractivity contribution in [2.45, 2.75) is 33.2 Å². The lowest BCUT2D eigenvalue weighted by atomic mass is 10.1. The van der Waals surface area contributed by atoms with Gasteiger partial charge in [0.25, 0.3) is 0 Å². The third kappa shape index (κ3) is 4.91. The molecular formula is C15H21NO4. The van der Waals surface area contributed by atoms with Crippen LogP contribution in [0.1, 0.15) is 24.5 Å². The Kier molecular flexibility index (Phi) is 6.03. The normalized spacial score (nSPS) is 11.6. The molecule has 0 radical (unpaired) electrons. The van der Waals surface area contributed by atoms with Crippen LogP contribution in [-0.2, 0) is 14.3 Å². The lowest BCUT2D eigenvalue weighted by molar-refractivity contribution is -0.144. The molecule has 1 aromatic carbocycles.